The molecule has 1 aliphatic heterocycles. The average Bonchev–Trinajstić information content (AvgIpc) is 2.62. The number of Topliss-reactive ketones (excluding diaryl/α,β-unsaturated/α-hetero) is 1. The highest BCUT2D eigenvalue weighted by atomic mass is 16.7. The summed E-state index contributed by atoms with van der Waals surface area (Å²) in [6, 6.07) is 0. The third-order valence-corrected chi connectivity index (χ3v) is 6.85. The van der Waals surface area contributed by atoms with E-state index >= 15 is 0 Å². The molecule has 0 aromatic rings. The molecular weight excluding hydrogens is 364 g/mol. The topological polar surface area (TPSA) is 116 Å². The summed E-state index contributed by atoms with van der Waals surface area (Å²) in [5.74, 6) is 1.36. The summed E-state index contributed by atoms with van der Waals surface area (Å²) in [5.41, 5.74) is 0.978. The minimum absolute atomic E-state index is 0.0179. The zero-order valence-electron chi connectivity index (χ0n) is 17.1. The van der Waals surface area contributed by atoms with Crippen LogP contribution in [0.25, 0.3) is 0 Å². The van der Waals surface area contributed by atoms with Gasteiger partial charge in [-0.15, -0.1) is 0 Å². The summed E-state index contributed by atoms with van der Waals surface area (Å²) in [5, 5.41) is 39.6. The molecule has 0 unspecified atom stereocenters. The van der Waals surface area contributed by atoms with Gasteiger partial charge in [0.15, 0.2) is 6.29 Å². The predicted molar refractivity (Wildman–Crippen MR) is 101 cm³/mol. The fourth-order valence-electron chi connectivity index (χ4n) is 5.25. The van der Waals surface area contributed by atoms with E-state index in [4.69, 9.17) is 9.47 Å². The molecule has 7 nitrogen and oxygen atoms in total. The van der Waals surface area contributed by atoms with Gasteiger partial charge in [-0.1, -0.05) is 26.8 Å². The van der Waals surface area contributed by atoms with Crippen LogP contribution in [0.4, 0.5) is 0 Å². The lowest BCUT2D eigenvalue weighted by Crippen LogP contribution is -2.60. The summed E-state index contributed by atoms with van der Waals surface area (Å²) in [4.78, 5) is 12.6. The van der Waals surface area contributed by atoms with Crippen molar-refractivity contribution in [3.63, 3.8) is 0 Å². The van der Waals surface area contributed by atoms with Crippen molar-refractivity contribution < 1.29 is 34.7 Å². The standard InChI is InChI=1S/C21H34O7/c1-9(2)17-13-5-11(4)15(7-12(13)10(3)6-14(17)23)27-21-20(26)19(25)18(24)16(8-22)28-21/h5,9-10,12-13,15-22,24-26H,6-8H2,1-4H3/t10-,12+,13-,15-,16-,17-,18+,19+,20+,21-/m0/s1. The van der Waals surface area contributed by atoms with Gasteiger partial charge in [0.05, 0.1) is 12.7 Å². The second-order valence-electron chi connectivity index (χ2n) is 9.13. The molecule has 1 saturated carbocycles. The van der Waals surface area contributed by atoms with Crippen LogP contribution in [0.3, 0.4) is 0 Å². The molecule has 1 saturated heterocycles. The molecule has 1 heterocycles. The molecule has 4 N–H and O–H groups in total. The van der Waals surface area contributed by atoms with E-state index in [9.17, 15) is 25.2 Å². The number of hydrogen-bond donors (Lipinski definition) is 4. The Balaban J connectivity index is 1.78. The monoisotopic (exact) mass is 398 g/mol. The van der Waals surface area contributed by atoms with E-state index in [1.54, 1.807) is 0 Å². The highest BCUT2D eigenvalue weighted by Crippen LogP contribution is 2.47. The van der Waals surface area contributed by atoms with Gasteiger partial charge in [-0.05, 0) is 42.6 Å². The van der Waals surface area contributed by atoms with E-state index in [-0.39, 0.29) is 29.8 Å². The number of carbonyl (C=O) groups is 1. The van der Waals surface area contributed by atoms with E-state index in [1.807, 2.05) is 6.92 Å². The fraction of sp³-hybridized carbons (Fsp3) is 0.857. The Morgan fingerprint density at radius 3 is 2.50 bits per heavy atom. The molecular formula is C21H34O7. The molecule has 2 aliphatic carbocycles. The number of aliphatic hydroxyl groups excluding tert-OH is 4. The van der Waals surface area contributed by atoms with Crippen molar-refractivity contribution >= 4 is 5.78 Å². The number of ether oxygens (including phenoxy) is 2. The van der Waals surface area contributed by atoms with Crippen LogP contribution in [0.5, 0.6) is 0 Å². The normalized spacial score (nSPS) is 47.0. The Bertz CT molecular complexity index is 602. The smallest absolute Gasteiger partial charge is 0.187 e. The maximum Gasteiger partial charge on any atom is 0.187 e. The van der Waals surface area contributed by atoms with Gasteiger partial charge in [-0.2, -0.15) is 0 Å². The van der Waals surface area contributed by atoms with E-state index in [1.165, 1.54) is 0 Å². The minimum atomic E-state index is -1.45. The van der Waals surface area contributed by atoms with Gasteiger partial charge in [0.25, 0.3) is 0 Å². The molecule has 10 atom stereocenters. The molecule has 7 heteroatoms. The van der Waals surface area contributed by atoms with Crippen molar-refractivity contribution in [2.45, 2.75) is 77.3 Å². The zero-order valence-corrected chi connectivity index (χ0v) is 17.1. The largest absolute Gasteiger partial charge is 0.394 e. The lowest BCUT2D eigenvalue weighted by Gasteiger charge is -2.47. The minimum Gasteiger partial charge on any atom is -0.394 e. The maximum atomic E-state index is 12.6. The van der Waals surface area contributed by atoms with Gasteiger partial charge >= 0.3 is 0 Å². The predicted octanol–water partition coefficient (Wildman–Crippen LogP) is 0.635. The molecule has 3 aliphatic rings. The van der Waals surface area contributed by atoms with Gasteiger partial charge in [0.1, 0.15) is 30.2 Å². The van der Waals surface area contributed by atoms with E-state index in [0.29, 0.717) is 24.5 Å². The molecule has 0 amide bonds. The van der Waals surface area contributed by atoms with Crippen molar-refractivity contribution in [1.29, 1.82) is 0 Å². The lowest BCUT2D eigenvalue weighted by molar-refractivity contribution is -0.310. The van der Waals surface area contributed by atoms with Crippen LogP contribution in [0.1, 0.15) is 40.5 Å². The average molecular weight is 398 g/mol. The molecule has 0 spiro atoms. The zero-order chi connectivity index (χ0) is 20.7. The van der Waals surface area contributed by atoms with Crippen molar-refractivity contribution in [2.24, 2.45) is 29.6 Å². The van der Waals surface area contributed by atoms with Crippen LogP contribution in [0.2, 0.25) is 0 Å². The van der Waals surface area contributed by atoms with Gasteiger partial charge in [-0.25, -0.2) is 0 Å². The van der Waals surface area contributed by atoms with Gasteiger partial charge in [0.2, 0.25) is 0 Å². The molecule has 2 fully saturated rings. The summed E-state index contributed by atoms with van der Waals surface area (Å²) >= 11 is 0. The first-order chi connectivity index (χ1) is 13.1. The van der Waals surface area contributed by atoms with Crippen molar-refractivity contribution in [1.82, 2.24) is 0 Å². The number of allylic oxidation sites excluding steroid dienone is 1. The van der Waals surface area contributed by atoms with Crippen LogP contribution in [0.15, 0.2) is 11.6 Å². The molecule has 0 bridgehead atoms. The van der Waals surface area contributed by atoms with Gasteiger partial charge < -0.3 is 29.9 Å². The Hall–Kier alpha value is -0.830. The first kappa shape index (κ1) is 21.9. The fourth-order valence-corrected chi connectivity index (χ4v) is 5.25. The number of rotatable bonds is 4. The second kappa shape index (κ2) is 8.50. The number of ketones is 1. The summed E-state index contributed by atoms with van der Waals surface area (Å²) in [6.07, 6.45) is -3.27. The number of carbonyl (C=O) groups excluding carboxylic acids is 1. The summed E-state index contributed by atoms with van der Waals surface area (Å²) in [6.45, 7) is 7.76. The molecule has 0 radical (unpaired) electrons. The molecule has 160 valence electrons. The summed E-state index contributed by atoms with van der Waals surface area (Å²) in [7, 11) is 0. The van der Waals surface area contributed by atoms with Crippen LogP contribution in [-0.4, -0.2) is 69.6 Å². The Kier molecular flexibility index (Phi) is 6.64. The molecule has 3 rings (SSSR count). The molecule has 0 aromatic heterocycles. The molecule has 0 aromatic carbocycles. The van der Waals surface area contributed by atoms with Crippen molar-refractivity contribution in [2.75, 3.05) is 6.61 Å². The van der Waals surface area contributed by atoms with Crippen molar-refractivity contribution in [3.05, 3.63) is 11.6 Å². The Morgan fingerprint density at radius 2 is 1.89 bits per heavy atom. The third kappa shape index (κ3) is 3.93. The van der Waals surface area contributed by atoms with Crippen LogP contribution < -0.4 is 0 Å². The van der Waals surface area contributed by atoms with Crippen molar-refractivity contribution in [3.8, 4) is 0 Å². The number of aliphatic hydroxyl groups is 4. The van der Waals surface area contributed by atoms with E-state index < -0.39 is 37.3 Å². The van der Waals surface area contributed by atoms with Gasteiger partial charge in [-0.3, -0.25) is 4.79 Å². The lowest BCUT2D eigenvalue weighted by atomic mass is 9.59. The van der Waals surface area contributed by atoms with E-state index in [2.05, 4.69) is 26.8 Å². The highest BCUT2D eigenvalue weighted by Gasteiger charge is 2.48. The number of fused-ring (bicyclic) bond motifs is 1. The number of hydrogen-bond acceptors (Lipinski definition) is 7. The first-order valence-corrected chi connectivity index (χ1v) is 10.3. The first-order valence-electron chi connectivity index (χ1n) is 10.3. The van der Waals surface area contributed by atoms with Crippen LogP contribution in [-0.2, 0) is 14.3 Å². The second-order valence-corrected chi connectivity index (χ2v) is 9.13. The van der Waals surface area contributed by atoms with Crippen LogP contribution in [0, 0.1) is 29.6 Å². The van der Waals surface area contributed by atoms with E-state index in [0.717, 1.165) is 5.57 Å². The SMILES string of the molecule is CC1=C[C@H]2[C@H](C[C@@H]1O[C@H]1O[C@@H](CO)[C@@H](O)[C@@H](O)[C@H]1O)[C@@H](C)CC(=O)[C@H]2C(C)C. The van der Waals surface area contributed by atoms with Crippen LogP contribution >= 0.6 is 0 Å². The Labute approximate surface area is 166 Å². The Morgan fingerprint density at radius 1 is 1.21 bits per heavy atom. The maximum absolute atomic E-state index is 12.6. The molecule has 28 heavy (non-hydrogen) atoms. The summed E-state index contributed by atoms with van der Waals surface area (Å²) < 4.78 is 11.5. The third-order valence-electron chi connectivity index (χ3n) is 6.85. The van der Waals surface area contributed by atoms with Gasteiger partial charge in [0, 0.05) is 12.3 Å². The highest BCUT2D eigenvalue weighted by molar-refractivity contribution is 5.83. The quantitative estimate of drug-likeness (QED) is 0.513.